The van der Waals surface area contributed by atoms with Gasteiger partial charge in [-0.25, -0.2) is 14.5 Å². The quantitative estimate of drug-likeness (QED) is 0.108. The van der Waals surface area contributed by atoms with Crippen LogP contribution in [0.3, 0.4) is 0 Å². The molecule has 0 saturated carbocycles. The van der Waals surface area contributed by atoms with E-state index in [2.05, 4.69) is 24.1 Å². The maximum atomic E-state index is 13.2. The number of nitrogens with one attached hydrogen (secondary N) is 1. The number of amides is 3. The van der Waals surface area contributed by atoms with Crippen LogP contribution in [-0.4, -0.2) is 59.9 Å². The molecule has 1 fully saturated rings. The molecule has 10 heteroatoms. The van der Waals surface area contributed by atoms with Crippen LogP contribution in [0.15, 0.2) is 24.4 Å². The molecule has 2 heterocycles. The molecular formula is C33H56IN3O6. The normalized spacial score (nSPS) is 18.4. The molecule has 1 aliphatic rings. The number of carbonyl (C=O) groups is 3. The van der Waals surface area contributed by atoms with Crippen molar-refractivity contribution in [2.75, 3.05) is 26.4 Å². The number of alkyl carbamates (subject to hydrolysis) is 1. The largest absolute Gasteiger partial charge is 0.446 e. The molecule has 1 aromatic rings. The summed E-state index contributed by atoms with van der Waals surface area (Å²) in [7, 11) is 0. The molecule has 1 aromatic heterocycles. The van der Waals surface area contributed by atoms with E-state index in [9.17, 15) is 14.4 Å². The number of halogens is 1. The van der Waals surface area contributed by atoms with E-state index in [1.807, 2.05) is 6.92 Å². The molecule has 1 saturated heterocycles. The number of unbranched alkanes of at least 4 members (excludes halogenated alkanes) is 8. The lowest BCUT2D eigenvalue weighted by Crippen LogP contribution is -2.50. The Kier molecular flexibility index (Phi) is 20.5. The highest BCUT2D eigenvalue weighted by Crippen LogP contribution is 2.42. The number of nitrogens with zero attached hydrogens (tertiary/aromatic N) is 2. The van der Waals surface area contributed by atoms with Gasteiger partial charge in [-0.15, -0.1) is 24.0 Å². The molecule has 0 aliphatic carbocycles. The fourth-order valence-electron chi connectivity index (χ4n) is 6.00. The predicted octanol–water partition coefficient (Wildman–Crippen LogP) is 8.04. The summed E-state index contributed by atoms with van der Waals surface area (Å²) in [6.07, 6.45) is 15.8. The summed E-state index contributed by atoms with van der Waals surface area (Å²) in [6.45, 7) is 8.44. The topological polar surface area (TPSA) is 107 Å². The zero-order valence-electron chi connectivity index (χ0n) is 26.9. The van der Waals surface area contributed by atoms with Gasteiger partial charge in [0.2, 0.25) is 5.91 Å². The van der Waals surface area contributed by atoms with Gasteiger partial charge in [-0.2, -0.15) is 0 Å². The molecule has 3 amide bonds. The van der Waals surface area contributed by atoms with E-state index >= 15 is 0 Å². The highest BCUT2D eigenvalue weighted by Gasteiger charge is 2.50. The van der Waals surface area contributed by atoms with E-state index in [1.54, 1.807) is 24.4 Å². The van der Waals surface area contributed by atoms with Crippen LogP contribution in [0, 0.1) is 11.8 Å². The number of imide groups is 1. The van der Waals surface area contributed by atoms with Gasteiger partial charge in [-0.05, 0) is 37.3 Å². The molecule has 0 radical (unpaired) electrons. The summed E-state index contributed by atoms with van der Waals surface area (Å²) in [5.74, 6) is -0.0114. The standard InChI is InChI=1S/C33H55N3O6.HI/c1-5-8-9-10-11-12-13-14-15-19-28(18-6-2)30-21-23-42-33(30,25-40-31(38)34-7-3)26-41-32(39)36(27(4)37)24-29-20-16-17-22-35-29;/h16-17,20,22,28,30H,5-15,18-19,21,23-26H2,1-4H3,(H,34,38);1H/t28?,30-,33-;/m1./s1. The van der Waals surface area contributed by atoms with Crippen molar-refractivity contribution in [3.05, 3.63) is 30.1 Å². The van der Waals surface area contributed by atoms with Gasteiger partial charge in [0.05, 0.1) is 12.2 Å². The smallest absolute Gasteiger partial charge is 0.416 e. The summed E-state index contributed by atoms with van der Waals surface area (Å²) in [4.78, 5) is 43.1. The van der Waals surface area contributed by atoms with Gasteiger partial charge in [-0.1, -0.05) is 97.0 Å². The first-order chi connectivity index (χ1) is 20.4. The summed E-state index contributed by atoms with van der Waals surface area (Å²) < 4.78 is 17.7. The minimum absolute atomic E-state index is 0. The van der Waals surface area contributed by atoms with Crippen molar-refractivity contribution in [1.29, 1.82) is 0 Å². The fraction of sp³-hybridized carbons (Fsp3) is 0.758. The Hall–Kier alpha value is -1.95. The van der Waals surface area contributed by atoms with Crippen LogP contribution in [0.25, 0.3) is 0 Å². The van der Waals surface area contributed by atoms with Crippen LogP contribution in [0.5, 0.6) is 0 Å². The first kappa shape index (κ1) is 39.1. The summed E-state index contributed by atoms with van der Waals surface area (Å²) >= 11 is 0. The van der Waals surface area contributed by atoms with Crippen LogP contribution < -0.4 is 5.32 Å². The Balaban J connectivity index is 0.00000924. The van der Waals surface area contributed by atoms with Crippen molar-refractivity contribution >= 4 is 42.1 Å². The minimum atomic E-state index is -0.965. The third kappa shape index (κ3) is 14.1. The predicted molar refractivity (Wildman–Crippen MR) is 179 cm³/mol. The van der Waals surface area contributed by atoms with Crippen molar-refractivity contribution in [1.82, 2.24) is 15.2 Å². The van der Waals surface area contributed by atoms with E-state index in [0.717, 1.165) is 37.0 Å². The van der Waals surface area contributed by atoms with Crippen LogP contribution in [0.1, 0.15) is 117 Å². The molecular weight excluding hydrogens is 661 g/mol. The van der Waals surface area contributed by atoms with E-state index in [4.69, 9.17) is 14.2 Å². The SMILES string of the molecule is CCCCCCCCCCCC(CCC)[C@H]1CCO[C@]1(COC(=O)NCC)COC(=O)N(Cc1ccccn1)C(C)=O.I. The third-order valence-corrected chi connectivity index (χ3v) is 8.26. The van der Waals surface area contributed by atoms with Gasteiger partial charge in [-0.3, -0.25) is 9.78 Å². The Bertz CT molecular complexity index is 921. The maximum absolute atomic E-state index is 13.2. The number of rotatable bonds is 20. The Labute approximate surface area is 276 Å². The van der Waals surface area contributed by atoms with E-state index in [0.29, 0.717) is 24.8 Å². The molecule has 0 aromatic carbocycles. The van der Waals surface area contributed by atoms with E-state index in [1.165, 1.54) is 58.3 Å². The van der Waals surface area contributed by atoms with Crippen LogP contribution in [0.4, 0.5) is 9.59 Å². The van der Waals surface area contributed by atoms with Crippen molar-refractivity contribution in [3.63, 3.8) is 0 Å². The average molecular weight is 718 g/mol. The highest BCUT2D eigenvalue weighted by molar-refractivity contribution is 14.0. The van der Waals surface area contributed by atoms with Gasteiger partial charge < -0.3 is 19.5 Å². The minimum Gasteiger partial charge on any atom is -0.446 e. The van der Waals surface area contributed by atoms with Crippen LogP contribution in [0.2, 0.25) is 0 Å². The molecule has 246 valence electrons. The average Bonchev–Trinajstić information content (AvgIpc) is 3.40. The third-order valence-electron chi connectivity index (χ3n) is 8.26. The number of hydrogen-bond acceptors (Lipinski definition) is 7. The van der Waals surface area contributed by atoms with Gasteiger partial charge in [0.1, 0.15) is 18.8 Å². The second-order valence-corrected chi connectivity index (χ2v) is 11.6. The van der Waals surface area contributed by atoms with Crippen LogP contribution in [-0.2, 0) is 25.5 Å². The number of carbonyl (C=O) groups excluding carboxylic acids is 3. The lowest BCUT2D eigenvalue weighted by atomic mass is 9.74. The summed E-state index contributed by atoms with van der Waals surface area (Å²) in [6, 6.07) is 5.33. The molecule has 43 heavy (non-hydrogen) atoms. The van der Waals surface area contributed by atoms with Crippen molar-refractivity contribution in [2.45, 2.75) is 123 Å². The molecule has 0 bridgehead atoms. The molecule has 2 rings (SSSR count). The first-order valence-corrected chi connectivity index (χ1v) is 16.3. The zero-order chi connectivity index (χ0) is 30.6. The lowest BCUT2D eigenvalue weighted by Gasteiger charge is -2.38. The lowest BCUT2D eigenvalue weighted by molar-refractivity contribution is -0.131. The van der Waals surface area contributed by atoms with Gasteiger partial charge in [0.25, 0.3) is 0 Å². The fourth-order valence-corrected chi connectivity index (χ4v) is 6.00. The molecule has 1 unspecified atom stereocenters. The zero-order valence-corrected chi connectivity index (χ0v) is 29.3. The van der Waals surface area contributed by atoms with Gasteiger partial charge in [0.15, 0.2) is 0 Å². The number of hydrogen-bond donors (Lipinski definition) is 1. The molecule has 9 nitrogen and oxygen atoms in total. The van der Waals surface area contributed by atoms with Crippen molar-refractivity contribution < 1.29 is 28.6 Å². The molecule has 1 N–H and O–H groups in total. The number of ether oxygens (including phenoxy) is 3. The van der Waals surface area contributed by atoms with E-state index < -0.39 is 23.7 Å². The second-order valence-electron chi connectivity index (χ2n) is 11.6. The Morgan fingerprint density at radius 2 is 1.65 bits per heavy atom. The Morgan fingerprint density at radius 1 is 0.977 bits per heavy atom. The van der Waals surface area contributed by atoms with Gasteiger partial charge >= 0.3 is 12.2 Å². The van der Waals surface area contributed by atoms with Crippen molar-refractivity contribution in [2.24, 2.45) is 11.8 Å². The van der Waals surface area contributed by atoms with Crippen molar-refractivity contribution in [3.8, 4) is 0 Å². The van der Waals surface area contributed by atoms with Gasteiger partial charge in [0, 0.05) is 26.3 Å². The highest BCUT2D eigenvalue weighted by atomic mass is 127. The number of pyridine rings is 1. The molecule has 3 atom stereocenters. The first-order valence-electron chi connectivity index (χ1n) is 16.3. The summed E-state index contributed by atoms with van der Waals surface area (Å²) in [5.41, 5.74) is -0.384. The number of aromatic nitrogens is 1. The van der Waals surface area contributed by atoms with E-state index in [-0.39, 0.29) is 49.7 Å². The molecule has 1 aliphatic heterocycles. The molecule has 0 spiro atoms. The monoisotopic (exact) mass is 717 g/mol. The van der Waals surface area contributed by atoms with Crippen LogP contribution >= 0.6 is 24.0 Å². The maximum Gasteiger partial charge on any atom is 0.416 e. The summed E-state index contributed by atoms with van der Waals surface area (Å²) in [5, 5.41) is 2.67. The second kappa shape index (κ2) is 22.5. The Morgan fingerprint density at radius 3 is 2.26 bits per heavy atom.